The Morgan fingerprint density at radius 3 is 2.54 bits per heavy atom. The minimum Gasteiger partial charge on any atom is -0.504 e. The molecule has 0 saturated carbocycles. The Balaban J connectivity index is 2.09. The van der Waals surface area contributed by atoms with Crippen LogP contribution in [-0.2, 0) is 9.59 Å². The number of hydrogen-bond acceptors (Lipinski definition) is 5. The second-order valence-corrected chi connectivity index (χ2v) is 7.57. The van der Waals surface area contributed by atoms with Crippen LogP contribution in [0, 0.1) is 13.8 Å². The van der Waals surface area contributed by atoms with Crippen LogP contribution in [-0.4, -0.2) is 29.1 Å². The van der Waals surface area contributed by atoms with Gasteiger partial charge in [-0.05, 0) is 67.5 Å². The molecule has 0 aliphatic carbocycles. The fourth-order valence-electron chi connectivity index (χ4n) is 2.77. The van der Waals surface area contributed by atoms with E-state index in [0.29, 0.717) is 10.2 Å². The van der Waals surface area contributed by atoms with E-state index in [-0.39, 0.29) is 27.7 Å². The molecule has 2 aromatic rings. The predicted octanol–water partition coefficient (Wildman–Crippen LogP) is 3.61. The standard InChI is InChI=1S/C20H17BrN2O4S/c1-10-4-5-14(6-11(10)2)23-19(26)15(18(25)22-20(23)28)8-12-7-13(21)9-16(27-3)17(12)24/h4-9,24H,1-3H3,(H,22,25,28)/b15-8+. The van der Waals surface area contributed by atoms with E-state index >= 15 is 0 Å². The number of amides is 2. The third kappa shape index (κ3) is 3.65. The lowest BCUT2D eigenvalue weighted by atomic mass is 10.0. The Bertz CT molecular complexity index is 1050. The zero-order valence-electron chi connectivity index (χ0n) is 15.4. The van der Waals surface area contributed by atoms with E-state index < -0.39 is 11.8 Å². The molecule has 1 aliphatic rings. The number of carbonyl (C=O) groups is 2. The van der Waals surface area contributed by atoms with Crippen LogP contribution in [0.25, 0.3) is 6.08 Å². The van der Waals surface area contributed by atoms with Crippen molar-refractivity contribution in [1.82, 2.24) is 5.32 Å². The number of nitrogens with one attached hydrogen (secondary N) is 1. The summed E-state index contributed by atoms with van der Waals surface area (Å²) in [6, 6.07) is 8.64. The summed E-state index contributed by atoms with van der Waals surface area (Å²) in [5.41, 5.74) is 2.73. The lowest BCUT2D eigenvalue weighted by Gasteiger charge is -2.29. The van der Waals surface area contributed by atoms with E-state index in [9.17, 15) is 14.7 Å². The highest BCUT2D eigenvalue weighted by atomic mass is 79.9. The van der Waals surface area contributed by atoms with E-state index in [1.165, 1.54) is 18.1 Å². The minimum atomic E-state index is -0.631. The number of thiocarbonyl (C=S) groups is 1. The molecule has 0 radical (unpaired) electrons. The summed E-state index contributed by atoms with van der Waals surface area (Å²) >= 11 is 8.53. The summed E-state index contributed by atoms with van der Waals surface area (Å²) in [5, 5.41) is 12.9. The van der Waals surface area contributed by atoms with Crippen LogP contribution >= 0.6 is 28.1 Å². The average Bonchev–Trinajstić information content (AvgIpc) is 2.63. The number of rotatable bonds is 3. The second kappa shape index (κ2) is 7.73. The third-order valence-corrected chi connectivity index (χ3v) is 5.18. The van der Waals surface area contributed by atoms with Crippen molar-refractivity contribution < 1.29 is 19.4 Å². The van der Waals surface area contributed by atoms with Crippen LogP contribution < -0.4 is 15.0 Å². The van der Waals surface area contributed by atoms with E-state index in [1.807, 2.05) is 26.0 Å². The summed E-state index contributed by atoms with van der Waals surface area (Å²) < 4.78 is 5.74. The molecule has 1 saturated heterocycles. The highest BCUT2D eigenvalue weighted by Crippen LogP contribution is 2.35. The highest BCUT2D eigenvalue weighted by molar-refractivity contribution is 9.10. The molecule has 0 aromatic heterocycles. The van der Waals surface area contributed by atoms with Gasteiger partial charge in [-0.15, -0.1) is 0 Å². The molecule has 2 aromatic carbocycles. The van der Waals surface area contributed by atoms with Crippen LogP contribution in [0.5, 0.6) is 11.5 Å². The van der Waals surface area contributed by atoms with Gasteiger partial charge in [0.1, 0.15) is 5.57 Å². The first-order valence-electron chi connectivity index (χ1n) is 8.28. The molecule has 28 heavy (non-hydrogen) atoms. The van der Waals surface area contributed by atoms with Crippen LogP contribution in [0.3, 0.4) is 0 Å². The van der Waals surface area contributed by atoms with Gasteiger partial charge in [-0.2, -0.15) is 0 Å². The largest absolute Gasteiger partial charge is 0.504 e. The molecule has 3 rings (SSSR count). The average molecular weight is 461 g/mol. The first-order valence-corrected chi connectivity index (χ1v) is 9.48. The minimum absolute atomic E-state index is 0.00597. The Hall–Kier alpha value is -2.71. The Morgan fingerprint density at radius 1 is 1.18 bits per heavy atom. The molecular formula is C20H17BrN2O4S. The Labute approximate surface area is 175 Å². The normalized spacial score (nSPS) is 15.8. The summed E-state index contributed by atoms with van der Waals surface area (Å²) in [5.74, 6) is -1.17. The van der Waals surface area contributed by atoms with Crippen LogP contribution in [0.4, 0.5) is 5.69 Å². The smallest absolute Gasteiger partial charge is 0.270 e. The van der Waals surface area contributed by atoms with Gasteiger partial charge in [0, 0.05) is 10.0 Å². The molecule has 0 atom stereocenters. The fourth-order valence-corrected chi connectivity index (χ4v) is 3.51. The first kappa shape index (κ1) is 20.0. The molecule has 6 nitrogen and oxygen atoms in total. The van der Waals surface area contributed by atoms with Crippen LogP contribution in [0.15, 0.2) is 40.4 Å². The SMILES string of the molecule is COc1cc(Br)cc(/C=C2\C(=O)NC(=S)N(c3ccc(C)c(C)c3)C2=O)c1O. The first-order chi connectivity index (χ1) is 13.2. The van der Waals surface area contributed by atoms with Gasteiger partial charge in [-0.25, -0.2) is 0 Å². The maximum atomic E-state index is 13.1. The number of phenols is 1. The maximum Gasteiger partial charge on any atom is 0.270 e. The number of benzene rings is 2. The fraction of sp³-hybridized carbons (Fsp3) is 0.150. The second-order valence-electron chi connectivity index (χ2n) is 6.27. The lowest BCUT2D eigenvalue weighted by molar-refractivity contribution is -0.122. The predicted molar refractivity (Wildman–Crippen MR) is 114 cm³/mol. The zero-order valence-corrected chi connectivity index (χ0v) is 17.8. The van der Waals surface area contributed by atoms with E-state index in [0.717, 1.165) is 11.1 Å². The van der Waals surface area contributed by atoms with Crippen molar-refractivity contribution in [2.45, 2.75) is 13.8 Å². The number of halogens is 1. The molecule has 1 heterocycles. The number of carbonyl (C=O) groups excluding carboxylic acids is 2. The number of aryl methyl sites for hydroxylation is 2. The topological polar surface area (TPSA) is 78.9 Å². The quantitative estimate of drug-likeness (QED) is 0.415. The van der Waals surface area contributed by atoms with Gasteiger partial charge >= 0.3 is 0 Å². The summed E-state index contributed by atoms with van der Waals surface area (Å²) in [4.78, 5) is 26.8. The number of nitrogens with zero attached hydrogens (tertiary/aromatic N) is 1. The van der Waals surface area contributed by atoms with Gasteiger partial charge in [0.15, 0.2) is 16.6 Å². The maximum absolute atomic E-state index is 13.1. The van der Waals surface area contributed by atoms with Gasteiger partial charge in [0.2, 0.25) is 0 Å². The Kier molecular flexibility index (Phi) is 5.53. The van der Waals surface area contributed by atoms with Crippen molar-refractivity contribution in [3.8, 4) is 11.5 Å². The Morgan fingerprint density at radius 2 is 1.89 bits per heavy atom. The molecule has 2 amide bonds. The zero-order chi connectivity index (χ0) is 20.6. The monoisotopic (exact) mass is 460 g/mol. The molecule has 0 bridgehead atoms. The summed E-state index contributed by atoms with van der Waals surface area (Å²) in [7, 11) is 1.41. The van der Waals surface area contributed by atoms with Gasteiger partial charge in [0.05, 0.1) is 12.8 Å². The number of aromatic hydroxyl groups is 1. The number of phenolic OH excluding ortho intramolecular Hbond substituents is 1. The van der Waals surface area contributed by atoms with Gasteiger partial charge in [-0.3, -0.25) is 19.8 Å². The molecule has 1 aliphatic heterocycles. The van der Waals surface area contributed by atoms with Crippen molar-refractivity contribution in [1.29, 1.82) is 0 Å². The van der Waals surface area contributed by atoms with E-state index in [2.05, 4.69) is 21.2 Å². The van der Waals surface area contributed by atoms with E-state index in [1.54, 1.807) is 18.2 Å². The van der Waals surface area contributed by atoms with Crippen molar-refractivity contribution >= 4 is 56.8 Å². The van der Waals surface area contributed by atoms with Gasteiger partial charge in [-0.1, -0.05) is 22.0 Å². The number of anilines is 1. The summed E-state index contributed by atoms with van der Waals surface area (Å²) in [6.45, 7) is 3.89. The molecule has 2 N–H and O–H groups in total. The lowest BCUT2D eigenvalue weighted by Crippen LogP contribution is -2.54. The van der Waals surface area contributed by atoms with Gasteiger partial charge < -0.3 is 9.84 Å². The number of methoxy groups -OCH3 is 1. The molecule has 144 valence electrons. The third-order valence-electron chi connectivity index (χ3n) is 4.44. The number of hydrogen-bond donors (Lipinski definition) is 2. The van der Waals surface area contributed by atoms with E-state index in [4.69, 9.17) is 17.0 Å². The van der Waals surface area contributed by atoms with Crippen molar-refractivity contribution in [3.63, 3.8) is 0 Å². The molecule has 0 unspecified atom stereocenters. The molecule has 8 heteroatoms. The van der Waals surface area contributed by atoms with Crippen LogP contribution in [0.2, 0.25) is 0 Å². The van der Waals surface area contributed by atoms with Crippen molar-refractivity contribution in [2.24, 2.45) is 0 Å². The highest BCUT2D eigenvalue weighted by Gasteiger charge is 2.34. The van der Waals surface area contributed by atoms with Gasteiger partial charge in [0.25, 0.3) is 11.8 Å². The van der Waals surface area contributed by atoms with Crippen molar-refractivity contribution in [2.75, 3.05) is 12.0 Å². The number of ether oxygens (including phenoxy) is 1. The molecular weight excluding hydrogens is 444 g/mol. The van der Waals surface area contributed by atoms with Crippen LogP contribution in [0.1, 0.15) is 16.7 Å². The van der Waals surface area contributed by atoms with Crippen molar-refractivity contribution in [3.05, 3.63) is 57.1 Å². The molecule has 1 fully saturated rings. The molecule has 0 spiro atoms. The summed E-state index contributed by atoms with van der Waals surface area (Å²) in [6.07, 6.45) is 1.32.